The Balaban J connectivity index is 2.08. The van der Waals surface area contributed by atoms with E-state index >= 15 is 0 Å². The normalized spacial score (nSPS) is 17.9. The zero-order valence-electron chi connectivity index (χ0n) is 14.2. The number of nitrogens with zero attached hydrogens (tertiary/aromatic N) is 1. The van der Waals surface area contributed by atoms with Gasteiger partial charge in [0.1, 0.15) is 5.75 Å². The van der Waals surface area contributed by atoms with Crippen molar-refractivity contribution in [1.29, 1.82) is 0 Å². The van der Waals surface area contributed by atoms with E-state index in [1.165, 1.54) is 0 Å². The van der Waals surface area contributed by atoms with Crippen molar-refractivity contribution in [2.75, 3.05) is 4.90 Å². The lowest BCUT2D eigenvalue weighted by Gasteiger charge is -2.37. The van der Waals surface area contributed by atoms with E-state index in [9.17, 15) is 9.59 Å². The largest absolute Gasteiger partial charge is 0.479 e. The Labute approximate surface area is 142 Å². The van der Waals surface area contributed by atoms with Crippen LogP contribution in [-0.4, -0.2) is 17.8 Å². The molecule has 0 bridgehead atoms. The lowest BCUT2D eigenvalue weighted by atomic mass is 10.0. The van der Waals surface area contributed by atoms with Crippen LogP contribution >= 0.6 is 0 Å². The zero-order valence-corrected chi connectivity index (χ0v) is 14.2. The molecule has 2 aromatic rings. The molecule has 1 amide bonds. The minimum absolute atomic E-state index is 0.0520. The fourth-order valence-corrected chi connectivity index (χ4v) is 3.02. The number of hydrogen-bond acceptors (Lipinski definition) is 3. The molecule has 124 valence electrons. The van der Waals surface area contributed by atoms with Crippen LogP contribution < -0.4 is 9.64 Å². The number of amides is 1. The van der Waals surface area contributed by atoms with Crippen LogP contribution in [0.15, 0.2) is 48.5 Å². The number of carbonyl (C=O) groups is 2. The van der Waals surface area contributed by atoms with Crippen LogP contribution in [0.5, 0.6) is 5.75 Å². The van der Waals surface area contributed by atoms with Crippen LogP contribution in [0.3, 0.4) is 0 Å². The van der Waals surface area contributed by atoms with Crippen molar-refractivity contribution in [2.24, 2.45) is 0 Å². The topological polar surface area (TPSA) is 46.6 Å². The fraction of sp³-hybridized carbons (Fsp3) is 0.300. The molecule has 0 spiro atoms. The monoisotopic (exact) mass is 323 g/mol. The summed E-state index contributed by atoms with van der Waals surface area (Å²) in [5.74, 6) is 0.591. The van der Waals surface area contributed by atoms with Crippen molar-refractivity contribution in [2.45, 2.75) is 39.3 Å². The highest BCUT2D eigenvalue weighted by Crippen LogP contribution is 2.39. The summed E-state index contributed by atoms with van der Waals surface area (Å²) < 4.78 is 5.73. The van der Waals surface area contributed by atoms with Crippen LogP contribution in [0.2, 0.25) is 0 Å². The minimum Gasteiger partial charge on any atom is -0.479 e. The van der Waals surface area contributed by atoms with Crippen molar-refractivity contribution in [1.82, 2.24) is 0 Å². The van der Waals surface area contributed by atoms with Gasteiger partial charge in [0, 0.05) is 12.0 Å². The minimum atomic E-state index is -0.545. The van der Waals surface area contributed by atoms with Gasteiger partial charge < -0.3 is 4.74 Å². The average Bonchev–Trinajstić information content (AvgIpc) is 2.62. The molecule has 2 atom stereocenters. The molecule has 1 heterocycles. The molecule has 0 saturated carbocycles. The number of benzene rings is 2. The second-order valence-electron chi connectivity index (χ2n) is 6.01. The van der Waals surface area contributed by atoms with Gasteiger partial charge in [-0.25, -0.2) is 0 Å². The van der Waals surface area contributed by atoms with Gasteiger partial charge in [-0.1, -0.05) is 37.3 Å². The highest BCUT2D eigenvalue weighted by molar-refractivity contribution is 6.03. The number of rotatable bonds is 4. The van der Waals surface area contributed by atoms with E-state index in [1.54, 1.807) is 30.0 Å². The van der Waals surface area contributed by atoms with Crippen molar-refractivity contribution < 1.29 is 14.3 Å². The van der Waals surface area contributed by atoms with Gasteiger partial charge in [0.05, 0.1) is 11.7 Å². The molecule has 0 fully saturated rings. The van der Waals surface area contributed by atoms with Crippen molar-refractivity contribution >= 4 is 17.4 Å². The second-order valence-corrected chi connectivity index (χ2v) is 6.01. The third-order valence-electron chi connectivity index (χ3n) is 4.42. The molecular formula is C20H21NO3. The molecular weight excluding hydrogens is 302 g/mol. The van der Waals surface area contributed by atoms with Crippen LogP contribution in [-0.2, 0) is 4.79 Å². The predicted molar refractivity (Wildman–Crippen MR) is 93.5 cm³/mol. The van der Waals surface area contributed by atoms with Crippen molar-refractivity contribution in [3.63, 3.8) is 0 Å². The zero-order chi connectivity index (χ0) is 17.3. The van der Waals surface area contributed by atoms with Gasteiger partial charge in [0.15, 0.2) is 11.9 Å². The number of ether oxygens (including phenoxy) is 1. The van der Waals surface area contributed by atoms with Crippen molar-refractivity contribution in [3.05, 3.63) is 59.7 Å². The first-order chi connectivity index (χ1) is 11.5. The van der Waals surface area contributed by atoms with E-state index in [-0.39, 0.29) is 17.7 Å². The maximum Gasteiger partial charge on any atom is 0.268 e. The highest BCUT2D eigenvalue weighted by atomic mass is 16.5. The SMILES string of the molecule is CCC(=O)c1ccc2c(c1)N(C(C)c1ccccc1)C(=O)C(C)O2. The summed E-state index contributed by atoms with van der Waals surface area (Å²) in [5.41, 5.74) is 2.30. The standard InChI is InChI=1S/C20H21NO3/c1-4-18(22)16-10-11-19-17(12-16)21(20(23)14(3)24-19)13(2)15-8-6-5-7-9-15/h5-14H,4H2,1-3H3. The van der Waals surface area contributed by atoms with Crippen LogP contribution in [0.1, 0.15) is 49.2 Å². The Bertz CT molecular complexity index is 770. The number of ketones is 1. The van der Waals surface area contributed by atoms with Gasteiger partial charge in [0.25, 0.3) is 5.91 Å². The highest BCUT2D eigenvalue weighted by Gasteiger charge is 2.35. The van der Waals surface area contributed by atoms with E-state index in [0.717, 1.165) is 5.56 Å². The number of fused-ring (bicyclic) bond motifs is 1. The van der Waals surface area contributed by atoms with E-state index in [1.807, 2.05) is 44.2 Å². The number of carbonyl (C=O) groups excluding carboxylic acids is 2. The van der Waals surface area contributed by atoms with Gasteiger partial charge >= 0.3 is 0 Å². The van der Waals surface area contributed by atoms with Crippen LogP contribution in [0, 0.1) is 0 Å². The second kappa shape index (κ2) is 6.48. The Kier molecular flexibility index (Phi) is 4.38. The molecule has 1 aliphatic heterocycles. The quantitative estimate of drug-likeness (QED) is 0.794. The van der Waals surface area contributed by atoms with E-state index in [2.05, 4.69) is 0 Å². The summed E-state index contributed by atoms with van der Waals surface area (Å²) in [6.07, 6.45) is -0.116. The molecule has 4 heteroatoms. The summed E-state index contributed by atoms with van der Waals surface area (Å²) in [4.78, 5) is 26.6. The number of hydrogen-bond donors (Lipinski definition) is 0. The number of anilines is 1. The molecule has 3 rings (SSSR count). The van der Waals surface area contributed by atoms with E-state index in [0.29, 0.717) is 23.4 Å². The molecule has 0 aliphatic carbocycles. The lowest BCUT2D eigenvalue weighted by molar-refractivity contribution is -0.126. The van der Waals surface area contributed by atoms with E-state index < -0.39 is 6.10 Å². The molecule has 2 unspecified atom stereocenters. The molecule has 2 aromatic carbocycles. The Morgan fingerprint density at radius 1 is 1.21 bits per heavy atom. The molecule has 0 radical (unpaired) electrons. The molecule has 24 heavy (non-hydrogen) atoms. The first kappa shape index (κ1) is 16.2. The van der Waals surface area contributed by atoms with Gasteiger partial charge in [-0.15, -0.1) is 0 Å². The smallest absolute Gasteiger partial charge is 0.268 e. The van der Waals surface area contributed by atoms with Gasteiger partial charge in [-0.3, -0.25) is 14.5 Å². The first-order valence-electron chi connectivity index (χ1n) is 8.24. The van der Waals surface area contributed by atoms with Crippen molar-refractivity contribution in [3.8, 4) is 5.75 Å². The maximum absolute atomic E-state index is 12.8. The molecule has 1 aliphatic rings. The van der Waals surface area contributed by atoms with Gasteiger partial charge in [-0.05, 0) is 37.6 Å². The maximum atomic E-state index is 12.8. The molecule has 0 N–H and O–H groups in total. The van der Waals surface area contributed by atoms with E-state index in [4.69, 9.17) is 4.74 Å². The van der Waals surface area contributed by atoms with Gasteiger partial charge in [-0.2, -0.15) is 0 Å². The Hall–Kier alpha value is -2.62. The third kappa shape index (κ3) is 2.80. The van der Waals surface area contributed by atoms with Crippen LogP contribution in [0.25, 0.3) is 0 Å². The Morgan fingerprint density at radius 3 is 2.58 bits per heavy atom. The molecule has 4 nitrogen and oxygen atoms in total. The summed E-state index contributed by atoms with van der Waals surface area (Å²) in [7, 11) is 0. The molecule has 0 aromatic heterocycles. The predicted octanol–water partition coefficient (Wildman–Crippen LogP) is 4.15. The average molecular weight is 323 g/mol. The Morgan fingerprint density at radius 2 is 1.92 bits per heavy atom. The van der Waals surface area contributed by atoms with Crippen LogP contribution in [0.4, 0.5) is 5.69 Å². The van der Waals surface area contributed by atoms with Gasteiger partial charge in [0.2, 0.25) is 0 Å². The summed E-state index contributed by atoms with van der Waals surface area (Å²) >= 11 is 0. The lowest BCUT2D eigenvalue weighted by Crippen LogP contribution is -2.45. The summed E-state index contributed by atoms with van der Waals surface area (Å²) in [6, 6.07) is 15.0. The molecule has 0 saturated heterocycles. The summed E-state index contributed by atoms with van der Waals surface area (Å²) in [6.45, 7) is 5.57. The third-order valence-corrected chi connectivity index (χ3v) is 4.42. The first-order valence-corrected chi connectivity index (χ1v) is 8.24. The number of Topliss-reactive ketones (excluding diaryl/α,β-unsaturated/α-hetero) is 1. The fourth-order valence-electron chi connectivity index (χ4n) is 3.02. The summed E-state index contributed by atoms with van der Waals surface area (Å²) in [5, 5.41) is 0.